The first kappa shape index (κ1) is 8.33. The van der Waals surface area contributed by atoms with E-state index < -0.39 is 0 Å². The maximum absolute atomic E-state index is 5.15. The van der Waals surface area contributed by atoms with Gasteiger partial charge in [-0.15, -0.1) is 12.3 Å². The first-order valence-corrected chi connectivity index (χ1v) is 4.39. The molecule has 0 saturated carbocycles. The van der Waals surface area contributed by atoms with Gasteiger partial charge in [0.25, 0.3) is 0 Å². The molecule has 1 nitrogen and oxygen atoms in total. The zero-order valence-corrected chi connectivity index (χ0v) is 6.97. The summed E-state index contributed by atoms with van der Waals surface area (Å²) in [6, 6.07) is 0. The van der Waals surface area contributed by atoms with E-state index >= 15 is 0 Å². The lowest BCUT2D eigenvalue weighted by atomic mass is 10.0. The molecule has 0 bridgehead atoms. The number of aliphatic imine (C=N–C) groups is 1. The molecule has 1 heteroatoms. The SMILES string of the molecule is C#CCCCC1=NCCCC1. The molecule has 60 valence electrons. The summed E-state index contributed by atoms with van der Waals surface area (Å²) >= 11 is 0. The van der Waals surface area contributed by atoms with Gasteiger partial charge in [-0.25, -0.2) is 0 Å². The third-order valence-corrected chi connectivity index (χ3v) is 2.00. The molecule has 0 aromatic rings. The van der Waals surface area contributed by atoms with Crippen LogP contribution in [0.5, 0.6) is 0 Å². The smallest absolute Gasteiger partial charge is 0.0388 e. The van der Waals surface area contributed by atoms with Crippen LogP contribution in [0.3, 0.4) is 0 Å². The average molecular weight is 149 g/mol. The molecule has 0 spiro atoms. The standard InChI is InChI=1S/C10H15N/c1-2-3-4-7-10-8-5-6-9-11-10/h1H,3-9H2. The lowest BCUT2D eigenvalue weighted by Crippen LogP contribution is -2.05. The molecule has 1 rings (SSSR count). The summed E-state index contributed by atoms with van der Waals surface area (Å²) in [6.07, 6.45) is 12.1. The van der Waals surface area contributed by atoms with Crippen molar-refractivity contribution in [3.8, 4) is 12.3 Å². The fraction of sp³-hybridized carbons (Fsp3) is 0.700. The molecule has 0 aromatic carbocycles. The number of terminal acetylenes is 1. The third kappa shape index (κ3) is 3.23. The fourth-order valence-electron chi connectivity index (χ4n) is 1.36. The van der Waals surface area contributed by atoms with Crippen LogP contribution >= 0.6 is 0 Å². The highest BCUT2D eigenvalue weighted by atomic mass is 14.7. The van der Waals surface area contributed by atoms with E-state index in [-0.39, 0.29) is 0 Å². The van der Waals surface area contributed by atoms with Gasteiger partial charge in [-0.1, -0.05) is 0 Å². The zero-order chi connectivity index (χ0) is 7.94. The average Bonchev–Trinajstić information content (AvgIpc) is 2.07. The Morgan fingerprint density at radius 1 is 1.45 bits per heavy atom. The Kier molecular flexibility index (Phi) is 3.75. The van der Waals surface area contributed by atoms with Gasteiger partial charge in [-0.2, -0.15) is 0 Å². The van der Waals surface area contributed by atoms with Crippen LogP contribution in [0, 0.1) is 12.3 Å². The van der Waals surface area contributed by atoms with Crippen molar-refractivity contribution < 1.29 is 0 Å². The molecule has 0 fully saturated rings. The maximum Gasteiger partial charge on any atom is 0.0388 e. The van der Waals surface area contributed by atoms with Gasteiger partial charge in [0.15, 0.2) is 0 Å². The van der Waals surface area contributed by atoms with Crippen LogP contribution in [0.2, 0.25) is 0 Å². The molecule has 1 aliphatic rings. The highest BCUT2D eigenvalue weighted by Gasteiger charge is 2.03. The molecule has 0 radical (unpaired) electrons. The van der Waals surface area contributed by atoms with Crippen LogP contribution in [0.15, 0.2) is 4.99 Å². The Hall–Kier alpha value is -0.770. The maximum atomic E-state index is 5.15. The fourth-order valence-corrected chi connectivity index (χ4v) is 1.36. The summed E-state index contributed by atoms with van der Waals surface area (Å²) in [5.74, 6) is 2.65. The molecule has 11 heavy (non-hydrogen) atoms. The molecule has 0 saturated heterocycles. The van der Waals surface area contributed by atoms with Gasteiger partial charge < -0.3 is 0 Å². The summed E-state index contributed by atoms with van der Waals surface area (Å²) in [5.41, 5.74) is 1.39. The predicted molar refractivity (Wildman–Crippen MR) is 48.8 cm³/mol. The van der Waals surface area contributed by atoms with Gasteiger partial charge in [-0.05, 0) is 32.1 Å². The van der Waals surface area contributed by atoms with Crippen molar-refractivity contribution >= 4 is 5.71 Å². The Bertz CT molecular complexity index is 174. The van der Waals surface area contributed by atoms with Crippen LogP contribution < -0.4 is 0 Å². The molecule has 0 aromatic heterocycles. The second kappa shape index (κ2) is 4.96. The number of nitrogens with zero attached hydrogens (tertiary/aromatic N) is 1. The van der Waals surface area contributed by atoms with Gasteiger partial charge in [0, 0.05) is 18.7 Å². The van der Waals surface area contributed by atoms with Crippen LogP contribution in [-0.2, 0) is 0 Å². The van der Waals surface area contributed by atoms with Crippen LogP contribution in [0.1, 0.15) is 38.5 Å². The monoisotopic (exact) mass is 149 g/mol. The lowest BCUT2D eigenvalue weighted by molar-refractivity contribution is 0.717. The number of hydrogen-bond donors (Lipinski definition) is 0. The normalized spacial score (nSPS) is 17.2. The van der Waals surface area contributed by atoms with Crippen molar-refractivity contribution in [2.45, 2.75) is 38.5 Å². The van der Waals surface area contributed by atoms with Crippen molar-refractivity contribution in [3.05, 3.63) is 0 Å². The van der Waals surface area contributed by atoms with E-state index in [2.05, 4.69) is 10.9 Å². The summed E-state index contributed by atoms with van der Waals surface area (Å²) < 4.78 is 0. The van der Waals surface area contributed by atoms with Crippen molar-refractivity contribution in [1.82, 2.24) is 0 Å². The van der Waals surface area contributed by atoms with Crippen LogP contribution in [0.4, 0.5) is 0 Å². The van der Waals surface area contributed by atoms with E-state index in [0.29, 0.717) is 0 Å². The molecular formula is C10H15N. The summed E-state index contributed by atoms with van der Waals surface area (Å²) in [6.45, 7) is 1.05. The molecule has 0 aliphatic carbocycles. The number of rotatable bonds is 3. The van der Waals surface area contributed by atoms with E-state index in [4.69, 9.17) is 6.42 Å². The van der Waals surface area contributed by atoms with Crippen LogP contribution in [0.25, 0.3) is 0 Å². The van der Waals surface area contributed by atoms with E-state index in [9.17, 15) is 0 Å². The first-order valence-electron chi connectivity index (χ1n) is 4.39. The van der Waals surface area contributed by atoms with Crippen molar-refractivity contribution in [3.63, 3.8) is 0 Å². The van der Waals surface area contributed by atoms with Gasteiger partial charge in [-0.3, -0.25) is 4.99 Å². The number of unbranched alkanes of at least 4 members (excludes halogenated alkanes) is 1. The highest BCUT2D eigenvalue weighted by molar-refractivity contribution is 5.84. The predicted octanol–water partition coefficient (Wildman–Crippen LogP) is 2.41. The van der Waals surface area contributed by atoms with E-state index in [1.54, 1.807) is 0 Å². The highest BCUT2D eigenvalue weighted by Crippen LogP contribution is 2.10. The van der Waals surface area contributed by atoms with Gasteiger partial charge in [0.1, 0.15) is 0 Å². The van der Waals surface area contributed by atoms with Crippen molar-refractivity contribution in [2.24, 2.45) is 4.99 Å². The molecule has 1 aliphatic heterocycles. The van der Waals surface area contributed by atoms with Crippen molar-refractivity contribution in [1.29, 1.82) is 0 Å². The van der Waals surface area contributed by atoms with Gasteiger partial charge >= 0.3 is 0 Å². The van der Waals surface area contributed by atoms with E-state index in [0.717, 1.165) is 25.8 Å². The van der Waals surface area contributed by atoms with Crippen molar-refractivity contribution in [2.75, 3.05) is 6.54 Å². The minimum Gasteiger partial charge on any atom is -0.294 e. The minimum atomic E-state index is 0.902. The Morgan fingerprint density at radius 2 is 2.36 bits per heavy atom. The molecule has 1 heterocycles. The third-order valence-electron chi connectivity index (χ3n) is 2.00. The lowest BCUT2D eigenvalue weighted by Gasteiger charge is -2.10. The Balaban J connectivity index is 2.15. The second-order valence-corrected chi connectivity index (χ2v) is 2.96. The molecule has 0 unspecified atom stereocenters. The van der Waals surface area contributed by atoms with Gasteiger partial charge in [0.05, 0.1) is 0 Å². The second-order valence-electron chi connectivity index (χ2n) is 2.96. The molecule has 0 atom stereocenters. The summed E-state index contributed by atoms with van der Waals surface area (Å²) in [4.78, 5) is 4.45. The van der Waals surface area contributed by atoms with Crippen LogP contribution in [-0.4, -0.2) is 12.3 Å². The van der Waals surface area contributed by atoms with E-state index in [1.165, 1.54) is 25.0 Å². The minimum absolute atomic E-state index is 0.902. The molecule has 0 N–H and O–H groups in total. The van der Waals surface area contributed by atoms with E-state index in [1.807, 2.05) is 0 Å². The largest absolute Gasteiger partial charge is 0.294 e. The quantitative estimate of drug-likeness (QED) is 0.431. The summed E-state index contributed by atoms with van der Waals surface area (Å²) in [7, 11) is 0. The summed E-state index contributed by atoms with van der Waals surface area (Å²) in [5, 5.41) is 0. The molecular weight excluding hydrogens is 134 g/mol. The Labute approximate surface area is 68.9 Å². The topological polar surface area (TPSA) is 12.4 Å². The number of hydrogen-bond acceptors (Lipinski definition) is 1. The Morgan fingerprint density at radius 3 is 3.00 bits per heavy atom. The van der Waals surface area contributed by atoms with Gasteiger partial charge in [0.2, 0.25) is 0 Å². The molecule has 0 amide bonds. The first-order chi connectivity index (χ1) is 5.43. The zero-order valence-electron chi connectivity index (χ0n) is 6.97.